The number of Topliss-reactive ketones (excluding diaryl/α,β-unsaturated/α-hetero) is 2. The Labute approximate surface area is 454 Å². The summed E-state index contributed by atoms with van der Waals surface area (Å²) >= 11 is 0. The molecule has 2 bridgehead atoms. The summed E-state index contributed by atoms with van der Waals surface area (Å²) < 4.78 is 41.0. The number of fused-ring (bicyclic) bond motifs is 3. The number of carbonyl (C=O) groups excluding carboxylic acids is 5. The van der Waals surface area contributed by atoms with Crippen LogP contribution in [-0.2, 0) is 47.6 Å². The zero-order chi connectivity index (χ0) is 56.7. The third-order valence-corrected chi connectivity index (χ3v) is 16.2. The lowest BCUT2D eigenvalue weighted by Crippen LogP contribution is -2.61. The van der Waals surface area contributed by atoms with E-state index in [1.54, 1.807) is 27.0 Å². The van der Waals surface area contributed by atoms with E-state index in [9.17, 15) is 44.3 Å². The molecule has 0 spiro atoms. The van der Waals surface area contributed by atoms with Crippen LogP contribution in [0.25, 0.3) is 0 Å². The molecule has 1 aromatic rings. The molecule has 19 nitrogen and oxygen atoms in total. The number of aliphatic hydroxyl groups is 2. The monoisotopic (exact) mass is 1080 g/mol. The number of nitro groups is 1. The van der Waals surface area contributed by atoms with Crippen molar-refractivity contribution in [3.8, 4) is 5.75 Å². The molecule has 428 valence electrons. The van der Waals surface area contributed by atoms with Gasteiger partial charge in [0.05, 0.1) is 23.2 Å². The van der Waals surface area contributed by atoms with E-state index in [1.807, 2.05) is 65.0 Å². The summed E-state index contributed by atoms with van der Waals surface area (Å²) in [5.74, 6) is -7.38. The molecule has 5 rings (SSSR count). The van der Waals surface area contributed by atoms with E-state index in [-0.39, 0.29) is 54.4 Å². The highest BCUT2D eigenvalue weighted by atomic mass is 16.7. The van der Waals surface area contributed by atoms with Gasteiger partial charge in [0.2, 0.25) is 5.79 Å². The number of cyclic esters (lactones) is 1. The first-order valence-electron chi connectivity index (χ1n) is 27.4. The van der Waals surface area contributed by atoms with E-state index in [1.165, 1.54) is 43.4 Å². The third-order valence-electron chi connectivity index (χ3n) is 16.2. The lowest BCUT2D eigenvalue weighted by molar-refractivity contribution is -0.384. The van der Waals surface area contributed by atoms with Crippen LogP contribution in [0.5, 0.6) is 5.75 Å². The Hall–Kier alpha value is -5.15. The summed E-state index contributed by atoms with van der Waals surface area (Å²) in [4.78, 5) is 81.9. The van der Waals surface area contributed by atoms with E-state index >= 15 is 0 Å². The summed E-state index contributed by atoms with van der Waals surface area (Å²) in [6.45, 7) is 13.0. The first kappa shape index (κ1) is 62.7. The van der Waals surface area contributed by atoms with Gasteiger partial charge < -0.3 is 54.0 Å². The molecule has 3 heterocycles. The number of nitrogens with zero attached hydrogens (tertiary/aromatic N) is 2. The van der Waals surface area contributed by atoms with Crippen LogP contribution >= 0.6 is 0 Å². The average Bonchev–Trinajstić information content (AvgIpc) is 3.41. The molecule has 0 radical (unpaired) electrons. The second-order valence-electron chi connectivity index (χ2n) is 22.1. The number of benzene rings is 1. The van der Waals surface area contributed by atoms with Gasteiger partial charge in [-0.25, -0.2) is 9.59 Å². The topological polar surface area (TPSA) is 263 Å². The van der Waals surface area contributed by atoms with Crippen LogP contribution in [0.3, 0.4) is 0 Å². The molecule has 4 N–H and O–H groups in total. The van der Waals surface area contributed by atoms with E-state index in [0.717, 1.165) is 5.57 Å². The Kier molecular flexibility index (Phi) is 23.8. The number of methoxy groups -OCH3 is 3. The van der Waals surface area contributed by atoms with Crippen LogP contribution in [0, 0.1) is 45.6 Å². The molecular weight excluding hydrogens is 995 g/mol. The first-order valence-corrected chi connectivity index (χ1v) is 27.4. The quantitative estimate of drug-likeness (QED) is 0.0527. The highest BCUT2D eigenvalue weighted by molar-refractivity contribution is 6.39. The molecule has 4 aliphatic rings. The average molecular weight is 1080 g/mol. The van der Waals surface area contributed by atoms with Crippen molar-refractivity contribution in [3.63, 3.8) is 0 Å². The summed E-state index contributed by atoms with van der Waals surface area (Å²) in [6, 6.07) is 3.26. The number of non-ortho nitro benzene ring substituents is 1. The number of hydrogen-bond donors (Lipinski definition) is 3. The number of esters is 1. The van der Waals surface area contributed by atoms with Crippen LogP contribution in [0.2, 0.25) is 0 Å². The molecule has 1 unspecified atom stereocenters. The van der Waals surface area contributed by atoms with E-state index < -0.39 is 107 Å². The number of hydrogen-bond acceptors (Lipinski definition) is 17. The number of piperidine rings is 1. The molecule has 1 amide bonds. The molecule has 16 atom stereocenters. The lowest BCUT2D eigenvalue weighted by atomic mass is 9.78. The third kappa shape index (κ3) is 16.9. The van der Waals surface area contributed by atoms with Gasteiger partial charge in [-0.1, -0.05) is 71.1 Å². The molecule has 2 saturated heterocycles. The summed E-state index contributed by atoms with van der Waals surface area (Å²) in [7, 11) is 4.49. The largest absolute Gasteiger partial charge is 0.514 e. The predicted octanol–water partition coefficient (Wildman–Crippen LogP) is 8.07. The van der Waals surface area contributed by atoms with Gasteiger partial charge in [-0.15, -0.1) is 0 Å². The standard InChI is InChI=1S/C58H85N3O16/c1-34-16-12-11-13-17-35(2)48(71-8)32-44-23-19-40(7)58(68,77-44)54(64)55(65)60-27-15-14-18-46(60)56(66)75-49(33-45(59)36(3)29-39(6)52(63)53(73-10)51(62)38(5)28-34)37(4)30-41-20-26-47(50(31-41)72-9)76-57(67)74-43-24-21-42(22-25-43)61(69)70/h11-13,16-17,21-22,24-25,29,34,36-38,40-41,44-50,52-53,63,68H,14-15,18-20,23,26-28,30-33,59H2,1-10H3/b13-11+,16-12+,35-17+,39-29+/t34-,36-,37-,38-,40-,41+,44+,45?,46+,47-,48+,49+,50-,52-,53+,58-/m1/s1. The van der Waals surface area contributed by atoms with Gasteiger partial charge in [-0.2, -0.15) is 0 Å². The van der Waals surface area contributed by atoms with E-state index in [4.69, 9.17) is 38.9 Å². The fourth-order valence-electron chi connectivity index (χ4n) is 11.3. The Morgan fingerprint density at radius 3 is 2.26 bits per heavy atom. The highest BCUT2D eigenvalue weighted by Crippen LogP contribution is 2.38. The number of carbonyl (C=O) groups is 5. The Morgan fingerprint density at radius 2 is 1.60 bits per heavy atom. The number of allylic oxidation sites excluding steroid dienone is 5. The second kappa shape index (κ2) is 29.2. The summed E-state index contributed by atoms with van der Waals surface area (Å²) in [5, 5.41) is 34.7. The summed E-state index contributed by atoms with van der Waals surface area (Å²) in [5.41, 5.74) is 8.18. The number of nitro benzene ring substituents is 1. The molecule has 1 aromatic carbocycles. The maximum atomic E-state index is 14.7. The zero-order valence-electron chi connectivity index (χ0n) is 46.7. The molecule has 3 fully saturated rings. The number of ketones is 2. The Morgan fingerprint density at radius 1 is 0.883 bits per heavy atom. The number of nitrogens with two attached hydrogens (primary N) is 1. The molecule has 0 aromatic heterocycles. The molecule has 3 aliphatic heterocycles. The minimum Gasteiger partial charge on any atom is -0.460 e. The molecule has 19 heteroatoms. The van der Waals surface area contributed by atoms with Crippen molar-refractivity contribution in [3.05, 3.63) is 82.0 Å². The van der Waals surface area contributed by atoms with Crippen molar-refractivity contribution in [2.75, 3.05) is 27.9 Å². The normalized spacial score (nSPS) is 36.7. The first-order chi connectivity index (χ1) is 36.5. The Bertz CT molecular complexity index is 2300. The second-order valence-corrected chi connectivity index (χ2v) is 22.1. The lowest BCUT2D eigenvalue weighted by Gasteiger charge is -2.43. The minimum absolute atomic E-state index is 0.00743. The SMILES string of the molecule is CO[C@H]1C[C@@H]2CC[C@@H](C)[C@@](O)(O2)C(=O)C(=O)N2CCCC[C@H]2C(=O)O[C@H]([C@H](C)C[C@@H]2CC[C@@H](OC(=O)Oc3ccc([N+](=O)[O-])cc3)[C@H](OC)C2)CC(N)[C@H](C)/C=C(\C)[C@@H](O)[C@@H](OC)C(=O)[C@H](C)C[C@H](C)/C=C/C=C/C=C/1C. The van der Waals surface area contributed by atoms with Gasteiger partial charge in [0.25, 0.3) is 17.4 Å². The van der Waals surface area contributed by atoms with Crippen molar-refractivity contribution in [1.29, 1.82) is 0 Å². The van der Waals surface area contributed by atoms with Crippen molar-refractivity contribution in [1.82, 2.24) is 4.90 Å². The van der Waals surface area contributed by atoms with Gasteiger partial charge in [-0.05, 0) is 125 Å². The van der Waals surface area contributed by atoms with Crippen LogP contribution in [0.4, 0.5) is 10.5 Å². The van der Waals surface area contributed by atoms with E-state index in [2.05, 4.69) is 0 Å². The fourth-order valence-corrected chi connectivity index (χ4v) is 11.3. The van der Waals surface area contributed by atoms with Crippen molar-refractivity contribution < 1.29 is 72.3 Å². The molecule has 1 saturated carbocycles. The molecular formula is C58H85N3O16. The van der Waals surface area contributed by atoms with Gasteiger partial charge in [0.15, 0.2) is 5.78 Å². The van der Waals surface area contributed by atoms with Crippen molar-refractivity contribution in [2.24, 2.45) is 41.2 Å². The van der Waals surface area contributed by atoms with Crippen LogP contribution < -0.4 is 10.5 Å². The maximum absolute atomic E-state index is 14.7. The van der Waals surface area contributed by atoms with Gasteiger partial charge in [0.1, 0.15) is 36.2 Å². The van der Waals surface area contributed by atoms with Gasteiger partial charge in [0, 0.05) is 70.7 Å². The highest BCUT2D eigenvalue weighted by Gasteiger charge is 2.53. The summed E-state index contributed by atoms with van der Waals surface area (Å²) in [6.07, 6.45) is 10.1. The Balaban J connectivity index is 1.42. The predicted molar refractivity (Wildman–Crippen MR) is 286 cm³/mol. The number of ether oxygens (including phenoxy) is 7. The van der Waals surface area contributed by atoms with Crippen LogP contribution in [0.1, 0.15) is 126 Å². The molecule has 77 heavy (non-hydrogen) atoms. The van der Waals surface area contributed by atoms with Crippen molar-refractivity contribution >= 4 is 35.3 Å². The maximum Gasteiger partial charge on any atom is 0.514 e. The number of rotatable bonds is 9. The number of aliphatic hydroxyl groups excluding tert-OH is 1. The van der Waals surface area contributed by atoms with Crippen molar-refractivity contribution in [2.45, 2.75) is 186 Å². The molecule has 1 aliphatic carbocycles. The minimum atomic E-state index is -2.45. The number of amides is 1. The van der Waals surface area contributed by atoms with Gasteiger partial charge in [-0.3, -0.25) is 24.5 Å². The van der Waals surface area contributed by atoms with Crippen LogP contribution in [0.15, 0.2) is 71.9 Å². The van der Waals surface area contributed by atoms with Gasteiger partial charge >= 0.3 is 12.1 Å². The van der Waals surface area contributed by atoms with Crippen LogP contribution in [-0.4, -0.2) is 138 Å². The zero-order valence-corrected chi connectivity index (χ0v) is 46.7. The van der Waals surface area contributed by atoms with E-state index in [0.29, 0.717) is 69.8 Å². The smallest absolute Gasteiger partial charge is 0.460 e. The fraction of sp³-hybridized carbons (Fsp3) is 0.672.